The molecule has 114 valence electrons. The lowest BCUT2D eigenvalue weighted by molar-refractivity contribution is 0.184. The summed E-state index contributed by atoms with van der Waals surface area (Å²) in [5.74, 6) is 1.89. The smallest absolute Gasteiger partial charge is 0.135 e. The Kier molecular flexibility index (Phi) is 7.95. The number of hydrogen-bond acceptors (Lipinski definition) is 5. The molecule has 5 nitrogen and oxygen atoms in total. The van der Waals surface area contributed by atoms with Crippen LogP contribution in [0.1, 0.15) is 45.6 Å². The van der Waals surface area contributed by atoms with Crippen molar-refractivity contribution in [1.82, 2.24) is 9.97 Å². The van der Waals surface area contributed by atoms with Gasteiger partial charge >= 0.3 is 0 Å². The minimum Gasteiger partial charge on any atom is -0.383 e. The second kappa shape index (κ2) is 9.53. The van der Waals surface area contributed by atoms with E-state index >= 15 is 0 Å². The molecule has 1 rings (SSSR count). The van der Waals surface area contributed by atoms with Crippen molar-refractivity contribution in [2.75, 3.05) is 30.9 Å². The van der Waals surface area contributed by atoms with Crippen molar-refractivity contribution in [3.63, 3.8) is 0 Å². The van der Waals surface area contributed by atoms with E-state index in [1.807, 2.05) is 0 Å². The molecule has 2 N–H and O–H groups in total. The summed E-state index contributed by atoms with van der Waals surface area (Å²) in [5.41, 5.74) is 1.18. The molecule has 20 heavy (non-hydrogen) atoms. The van der Waals surface area contributed by atoms with Crippen LogP contribution in [0.4, 0.5) is 11.6 Å². The Morgan fingerprint density at radius 1 is 1.15 bits per heavy atom. The molecule has 0 spiro atoms. The average molecular weight is 280 g/mol. The fourth-order valence-corrected chi connectivity index (χ4v) is 2.08. The Bertz CT molecular complexity index is 384. The van der Waals surface area contributed by atoms with E-state index in [0.29, 0.717) is 6.61 Å². The summed E-state index contributed by atoms with van der Waals surface area (Å²) < 4.78 is 5.24. The third-order valence-electron chi connectivity index (χ3n) is 3.19. The summed E-state index contributed by atoms with van der Waals surface area (Å²) >= 11 is 0. The Morgan fingerprint density at radius 3 is 2.50 bits per heavy atom. The number of nitrogens with zero attached hydrogens (tertiary/aromatic N) is 2. The van der Waals surface area contributed by atoms with Crippen LogP contribution < -0.4 is 10.6 Å². The van der Waals surface area contributed by atoms with Crippen molar-refractivity contribution in [2.45, 2.75) is 52.5 Å². The van der Waals surface area contributed by atoms with Gasteiger partial charge in [-0.05, 0) is 19.3 Å². The van der Waals surface area contributed by atoms with Crippen molar-refractivity contribution in [1.29, 1.82) is 0 Å². The van der Waals surface area contributed by atoms with E-state index in [1.165, 1.54) is 5.56 Å². The maximum Gasteiger partial charge on any atom is 0.135 e. The van der Waals surface area contributed by atoms with Crippen LogP contribution in [0.5, 0.6) is 0 Å². The van der Waals surface area contributed by atoms with Crippen molar-refractivity contribution >= 4 is 11.6 Å². The zero-order chi connectivity index (χ0) is 14.8. The van der Waals surface area contributed by atoms with Gasteiger partial charge in [-0.2, -0.15) is 0 Å². The maximum atomic E-state index is 5.24. The van der Waals surface area contributed by atoms with E-state index in [4.69, 9.17) is 4.74 Å². The molecule has 1 aromatic heterocycles. The Balaban J connectivity index is 2.92. The number of ether oxygens (including phenoxy) is 1. The largest absolute Gasteiger partial charge is 0.383 e. The van der Waals surface area contributed by atoms with Crippen molar-refractivity contribution in [3.05, 3.63) is 11.9 Å². The average Bonchev–Trinajstić information content (AvgIpc) is 2.47. The van der Waals surface area contributed by atoms with Gasteiger partial charge in [-0.25, -0.2) is 9.97 Å². The predicted octanol–water partition coefficient (Wildman–Crippen LogP) is 3.09. The molecule has 0 saturated heterocycles. The van der Waals surface area contributed by atoms with Crippen LogP contribution in [0, 0.1) is 0 Å². The molecular weight excluding hydrogens is 252 g/mol. The Hall–Kier alpha value is -1.36. The highest BCUT2D eigenvalue weighted by molar-refractivity contribution is 5.57. The zero-order valence-electron chi connectivity index (χ0n) is 13.2. The van der Waals surface area contributed by atoms with Crippen LogP contribution >= 0.6 is 0 Å². The maximum absolute atomic E-state index is 5.24. The second-order valence-corrected chi connectivity index (χ2v) is 4.93. The zero-order valence-corrected chi connectivity index (χ0v) is 13.2. The fraction of sp³-hybridized carbons (Fsp3) is 0.733. The lowest BCUT2D eigenvalue weighted by Crippen LogP contribution is -2.25. The molecule has 5 heteroatoms. The third kappa shape index (κ3) is 4.96. The summed E-state index contributed by atoms with van der Waals surface area (Å²) in [4.78, 5) is 8.80. The minimum atomic E-state index is 0.282. The fourth-order valence-electron chi connectivity index (χ4n) is 2.08. The number of nitrogens with one attached hydrogen (secondary N) is 2. The van der Waals surface area contributed by atoms with E-state index in [2.05, 4.69) is 41.4 Å². The first-order valence-electron chi connectivity index (χ1n) is 7.59. The topological polar surface area (TPSA) is 59.1 Å². The molecular formula is C15H28N4O. The number of aromatic nitrogens is 2. The molecule has 1 aromatic rings. The number of anilines is 2. The van der Waals surface area contributed by atoms with Crippen molar-refractivity contribution in [3.8, 4) is 0 Å². The standard InChI is InChI=1S/C15H28N4O/c1-5-8-13-14(16-9-6-2)17-11-18-15(13)19-12(7-3)10-20-4/h11-12H,5-10H2,1-4H3,(H2,16,17,18,19). The first-order chi connectivity index (χ1) is 9.76. The first kappa shape index (κ1) is 16.7. The second-order valence-electron chi connectivity index (χ2n) is 4.93. The highest BCUT2D eigenvalue weighted by atomic mass is 16.5. The molecule has 0 amide bonds. The van der Waals surface area contributed by atoms with Gasteiger partial charge in [-0.15, -0.1) is 0 Å². The predicted molar refractivity (Wildman–Crippen MR) is 84.4 cm³/mol. The van der Waals surface area contributed by atoms with Crippen LogP contribution in [0.3, 0.4) is 0 Å². The highest BCUT2D eigenvalue weighted by Crippen LogP contribution is 2.22. The van der Waals surface area contributed by atoms with Gasteiger partial charge in [0.15, 0.2) is 0 Å². The molecule has 0 aliphatic heterocycles. The molecule has 0 aromatic carbocycles. The number of hydrogen-bond donors (Lipinski definition) is 2. The van der Waals surface area contributed by atoms with E-state index in [9.17, 15) is 0 Å². The van der Waals surface area contributed by atoms with Gasteiger partial charge in [-0.1, -0.05) is 27.2 Å². The van der Waals surface area contributed by atoms with Crippen LogP contribution in [-0.4, -0.2) is 36.3 Å². The van der Waals surface area contributed by atoms with Crippen LogP contribution in [0.2, 0.25) is 0 Å². The van der Waals surface area contributed by atoms with E-state index in [-0.39, 0.29) is 6.04 Å². The normalized spacial score (nSPS) is 12.2. The number of rotatable bonds is 10. The van der Waals surface area contributed by atoms with Crippen molar-refractivity contribution < 1.29 is 4.74 Å². The van der Waals surface area contributed by atoms with Crippen LogP contribution in [-0.2, 0) is 11.2 Å². The lowest BCUT2D eigenvalue weighted by atomic mass is 10.1. The van der Waals surface area contributed by atoms with Crippen LogP contribution in [0.25, 0.3) is 0 Å². The summed E-state index contributed by atoms with van der Waals surface area (Å²) in [7, 11) is 1.73. The van der Waals surface area contributed by atoms with E-state index in [0.717, 1.165) is 43.9 Å². The monoisotopic (exact) mass is 280 g/mol. The van der Waals surface area contributed by atoms with E-state index in [1.54, 1.807) is 13.4 Å². The van der Waals surface area contributed by atoms with Gasteiger partial charge in [0.1, 0.15) is 18.0 Å². The van der Waals surface area contributed by atoms with Gasteiger partial charge in [0.05, 0.1) is 12.6 Å². The summed E-state index contributed by atoms with van der Waals surface area (Å²) in [6, 6.07) is 0.282. The molecule has 1 unspecified atom stereocenters. The molecule has 0 saturated carbocycles. The molecule has 1 atom stereocenters. The first-order valence-corrected chi connectivity index (χ1v) is 7.59. The van der Waals surface area contributed by atoms with E-state index < -0.39 is 0 Å². The van der Waals surface area contributed by atoms with Gasteiger partial charge in [-0.3, -0.25) is 0 Å². The van der Waals surface area contributed by atoms with Gasteiger partial charge < -0.3 is 15.4 Å². The SMILES string of the molecule is CCCNc1ncnc(NC(CC)COC)c1CCC. The molecule has 0 aliphatic carbocycles. The lowest BCUT2D eigenvalue weighted by Gasteiger charge is -2.20. The summed E-state index contributed by atoms with van der Waals surface area (Å²) in [6.45, 7) is 8.09. The number of methoxy groups -OCH3 is 1. The molecule has 0 fully saturated rings. The summed E-state index contributed by atoms with van der Waals surface area (Å²) in [5, 5.41) is 6.87. The van der Waals surface area contributed by atoms with Crippen molar-refractivity contribution in [2.24, 2.45) is 0 Å². The summed E-state index contributed by atoms with van der Waals surface area (Å²) in [6.07, 6.45) is 5.75. The van der Waals surface area contributed by atoms with Gasteiger partial charge in [0.2, 0.25) is 0 Å². The molecule has 0 aliphatic rings. The van der Waals surface area contributed by atoms with Gasteiger partial charge in [0.25, 0.3) is 0 Å². The molecule has 0 bridgehead atoms. The highest BCUT2D eigenvalue weighted by Gasteiger charge is 2.13. The Labute approximate surface area is 122 Å². The molecule has 1 heterocycles. The van der Waals surface area contributed by atoms with Gasteiger partial charge in [0, 0.05) is 19.2 Å². The quantitative estimate of drug-likeness (QED) is 0.689. The molecule has 0 radical (unpaired) electrons. The Morgan fingerprint density at radius 2 is 1.90 bits per heavy atom. The van der Waals surface area contributed by atoms with Crippen LogP contribution in [0.15, 0.2) is 6.33 Å². The third-order valence-corrected chi connectivity index (χ3v) is 3.19. The minimum absolute atomic E-state index is 0.282.